The smallest absolute Gasteiger partial charge is 0.408 e. The zero-order valence-electron chi connectivity index (χ0n) is 19.0. The number of hydrogen-bond donors (Lipinski definition) is 3. The molecule has 0 heterocycles. The zero-order chi connectivity index (χ0) is 22.2. The summed E-state index contributed by atoms with van der Waals surface area (Å²) in [5, 5.41) is 9.17. The molecule has 0 unspecified atom stereocenters. The van der Waals surface area contributed by atoms with Crippen molar-refractivity contribution in [3.63, 3.8) is 0 Å². The second-order valence-corrected chi connectivity index (χ2v) is 11.8. The first kappa shape index (κ1) is 26.5. The van der Waals surface area contributed by atoms with Crippen LogP contribution in [0.3, 0.4) is 0 Å². The van der Waals surface area contributed by atoms with Crippen molar-refractivity contribution in [2.24, 2.45) is 4.99 Å². The van der Waals surface area contributed by atoms with Gasteiger partial charge in [-0.3, -0.25) is 4.99 Å². The van der Waals surface area contributed by atoms with Gasteiger partial charge in [-0.05, 0) is 54.4 Å². The minimum atomic E-state index is -3.21. The number of alkyl carbamates (subject to hydrolysis) is 1. The molecule has 0 aromatic heterocycles. The Bertz CT molecular complexity index is 627. The lowest BCUT2D eigenvalue weighted by Crippen LogP contribution is -2.57. The maximum Gasteiger partial charge on any atom is 0.408 e. The van der Waals surface area contributed by atoms with E-state index in [1.807, 2.05) is 34.6 Å². The molecule has 28 heavy (non-hydrogen) atoms. The Labute approximate surface area is 171 Å². The van der Waals surface area contributed by atoms with Crippen LogP contribution in [0.2, 0.25) is 0 Å². The SMILES string of the molecule is CCC(CC)(CNC(=NC)NCCS(=O)(=O)C(C)(C)C)NC(=O)OC(C)(C)C. The van der Waals surface area contributed by atoms with Crippen molar-refractivity contribution in [2.45, 2.75) is 84.1 Å². The Morgan fingerprint density at radius 2 is 1.54 bits per heavy atom. The van der Waals surface area contributed by atoms with Crippen LogP contribution in [0.25, 0.3) is 0 Å². The molecule has 0 radical (unpaired) electrons. The number of hydrogen-bond acceptors (Lipinski definition) is 5. The molecule has 0 rings (SSSR count). The lowest BCUT2D eigenvalue weighted by atomic mass is 9.93. The fourth-order valence-electron chi connectivity index (χ4n) is 2.32. The van der Waals surface area contributed by atoms with Crippen LogP contribution in [-0.2, 0) is 14.6 Å². The molecule has 0 aromatic rings. The maximum atomic E-state index is 12.2. The van der Waals surface area contributed by atoms with Gasteiger partial charge in [-0.1, -0.05) is 13.8 Å². The highest BCUT2D eigenvalue weighted by Crippen LogP contribution is 2.17. The Kier molecular flexibility index (Phi) is 9.76. The number of carbonyl (C=O) groups is 1. The van der Waals surface area contributed by atoms with Gasteiger partial charge in [-0.2, -0.15) is 0 Å². The van der Waals surface area contributed by atoms with Crippen LogP contribution in [0.4, 0.5) is 4.79 Å². The number of aliphatic imine (C=N–C) groups is 1. The van der Waals surface area contributed by atoms with Crippen LogP contribution in [0, 0.1) is 0 Å². The van der Waals surface area contributed by atoms with Crippen molar-refractivity contribution in [3.8, 4) is 0 Å². The minimum absolute atomic E-state index is 0.0139. The van der Waals surface area contributed by atoms with E-state index in [4.69, 9.17) is 4.74 Å². The van der Waals surface area contributed by atoms with Crippen molar-refractivity contribution in [1.82, 2.24) is 16.0 Å². The lowest BCUT2D eigenvalue weighted by Gasteiger charge is -2.34. The third-order valence-electron chi connectivity index (χ3n) is 4.53. The van der Waals surface area contributed by atoms with E-state index in [2.05, 4.69) is 20.9 Å². The molecule has 0 saturated heterocycles. The summed E-state index contributed by atoms with van der Waals surface area (Å²) in [6.45, 7) is 15.2. The number of amides is 1. The highest BCUT2D eigenvalue weighted by atomic mass is 32.2. The number of ether oxygens (including phenoxy) is 1. The Balaban J connectivity index is 4.85. The summed E-state index contributed by atoms with van der Waals surface area (Å²) in [7, 11) is -1.59. The highest BCUT2D eigenvalue weighted by molar-refractivity contribution is 7.92. The fourth-order valence-corrected chi connectivity index (χ4v) is 3.31. The van der Waals surface area contributed by atoms with Crippen LogP contribution in [0.5, 0.6) is 0 Å². The zero-order valence-corrected chi connectivity index (χ0v) is 19.8. The van der Waals surface area contributed by atoms with Crippen LogP contribution < -0.4 is 16.0 Å². The summed E-state index contributed by atoms with van der Waals surface area (Å²) in [6, 6.07) is 0. The molecule has 0 spiro atoms. The van der Waals surface area contributed by atoms with Crippen molar-refractivity contribution in [2.75, 3.05) is 25.9 Å². The monoisotopic (exact) mass is 420 g/mol. The minimum Gasteiger partial charge on any atom is -0.444 e. The second kappa shape index (κ2) is 10.3. The first-order valence-electron chi connectivity index (χ1n) is 9.79. The van der Waals surface area contributed by atoms with E-state index in [1.54, 1.807) is 27.8 Å². The normalized spacial score (nSPS) is 13.8. The molecule has 0 bridgehead atoms. The third-order valence-corrected chi connectivity index (χ3v) is 7.14. The summed E-state index contributed by atoms with van der Waals surface area (Å²) in [5.41, 5.74) is -1.07. The molecule has 1 amide bonds. The molecule has 0 aliphatic rings. The van der Waals surface area contributed by atoms with Crippen LogP contribution in [0.1, 0.15) is 68.2 Å². The molecule has 9 heteroatoms. The van der Waals surface area contributed by atoms with Crippen molar-refractivity contribution in [3.05, 3.63) is 0 Å². The fraction of sp³-hybridized carbons (Fsp3) is 0.895. The Morgan fingerprint density at radius 1 is 1.00 bits per heavy atom. The summed E-state index contributed by atoms with van der Waals surface area (Å²) >= 11 is 0. The number of guanidine groups is 1. The predicted octanol–water partition coefficient (Wildman–Crippen LogP) is 2.45. The van der Waals surface area contributed by atoms with E-state index >= 15 is 0 Å². The van der Waals surface area contributed by atoms with Gasteiger partial charge in [0.1, 0.15) is 5.60 Å². The summed E-state index contributed by atoms with van der Waals surface area (Å²) in [4.78, 5) is 16.3. The molecule has 0 aliphatic heterocycles. The standard InChI is InChI=1S/C19H40N4O4S/c1-10-19(11-2,23-16(24)27-17(3,4)5)14-22-15(20-9)21-12-13-28(25,26)18(6,7)8/h10-14H2,1-9H3,(H,23,24)(H2,20,21,22). The van der Waals surface area contributed by atoms with Crippen LogP contribution in [-0.4, -0.2) is 62.2 Å². The van der Waals surface area contributed by atoms with Gasteiger partial charge >= 0.3 is 6.09 Å². The van der Waals surface area contributed by atoms with Gasteiger partial charge in [0, 0.05) is 20.1 Å². The van der Waals surface area contributed by atoms with Gasteiger partial charge in [-0.25, -0.2) is 13.2 Å². The van der Waals surface area contributed by atoms with Gasteiger partial charge in [0.15, 0.2) is 15.8 Å². The molecule has 8 nitrogen and oxygen atoms in total. The average molecular weight is 421 g/mol. The van der Waals surface area contributed by atoms with Crippen molar-refractivity contribution in [1.29, 1.82) is 0 Å². The van der Waals surface area contributed by atoms with E-state index in [9.17, 15) is 13.2 Å². The van der Waals surface area contributed by atoms with Gasteiger partial charge in [-0.15, -0.1) is 0 Å². The van der Waals surface area contributed by atoms with Gasteiger partial charge < -0.3 is 20.7 Å². The number of nitrogens with zero attached hydrogens (tertiary/aromatic N) is 1. The topological polar surface area (TPSA) is 109 Å². The summed E-state index contributed by atoms with van der Waals surface area (Å²) < 4.78 is 29.0. The average Bonchev–Trinajstić information content (AvgIpc) is 2.53. The molecule has 0 saturated carbocycles. The van der Waals surface area contributed by atoms with Gasteiger partial charge in [0.05, 0.1) is 16.0 Å². The van der Waals surface area contributed by atoms with E-state index in [0.29, 0.717) is 25.3 Å². The van der Waals surface area contributed by atoms with Crippen molar-refractivity contribution < 1.29 is 17.9 Å². The van der Waals surface area contributed by atoms with E-state index in [0.717, 1.165) is 0 Å². The van der Waals surface area contributed by atoms with Crippen LogP contribution in [0.15, 0.2) is 4.99 Å². The first-order chi connectivity index (χ1) is 12.6. The van der Waals surface area contributed by atoms with E-state index < -0.39 is 31.8 Å². The lowest BCUT2D eigenvalue weighted by molar-refractivity contribution is 0.0448. The molecule has 0 atom stereocenters. The maximum absolute atomic E-state index is 12.2. The Morgan fingerprint density at radius 3 is 1.93 bits per heavy atom. The molecular formula is C19H40N4O4S. The highest BCUT2D eigenvalue weighted by Gasteiger charge is 2.31. The van der Waals surface area contributed by atoms with Gasteiger partial charge in [0.25, 0.3) is 0 Å². The number of carbonyl (C=O) groups excluding carboxylic acids is 1. The second-order valence-electron chi connectivity index (χ2n) is 8.90. The molecule has 166 valence electrons. The van der Waals surface area contributed by atoms with E-state index in [1.165, 1.54) is 0 Å². The predicted molar refractivity (Wildman–Crippen MR) is 116 cm³/mol. The first-order valence-corrected chi connectivity index (χ1v) is 11.4. The molecule has 0 aromatic carbocycles. The van der Waals surface area contributed by atoms with Gasteiger partial charge in [0.2, 0.25) is 0 Å². The largest absolute Gasteiger partial charge is 0.444 e. The molecule has 0 aliphatic carbocycles. The number of sulfone groups is 1. The quantitative estimate of drug-likeness (QED) is 0.411. The van der Waals surface area contributed by atoms with E-state index in [-0.39, 0.29) is 12.3 Å². The summed E-state index contributed by atoms with van der Waals surface area (Å²) in [5.74, 6) is 0.501. The van der Waals surface area contributed by atoms with Crippen LogP contribution >= 0.6 is 0 Å². The molecule has 3 N–H and O–H groups in total. The Hall–Kier alpha value is -1.51. The van der Waals surface area contributed by atoms with Crippen molar-refractivity contribution >= 4 is 21.9 Å². The third kappa shape index (κ3) is 9.12. The number of rotatable bonds is 8. The molecular weight excluding hydrogens is 380 g/mol. The number of nitrogens with one attached hydrogen (secondary N) is 3. The molecule has 0 fully saturated rings. The summed E-state index contributed by atoms with van der Waals surface area (Å²) in [6.07, 6.45) is 0.938.